The van der Waals surface area contributed by atoms with Crippen LogP contribution in [0.15, 0.2) is 18.5 Å². The number of rotatable bonds is 4. The fourth-order valence-electron chi connectivity index (χ4n) is 1.46. The first-order valence-corrected chi connectivity index (χ1v) is 5.04. The molecule has 0 atom stereocenters. The van der Waals surface area contributed by atoms with E-state index in [1.54, 1.807) is 30.4 Å². The van der Waals surface area contributed by atoms with Crippen LogP contribution in [0.4, 0.5) is 0 Å². The highest BCUT2D eigenvalue weighted by Crippen LogP contribution is 2.15. The Morgan fingerprint density at radius 3 is 2.73 bits per heavy atom. The minimum absolute atomic E-state index is 0.0257. The summed E-state index contributed by atoms with van der Waals surface area (Å²) >= 11 is 0. The maximum absolute atomic E-state index is 11.9. The summed E-state index contributed by atoms with van der Waals surface area (Å²) in [5.74, 6) is 0.0257. The van der Waals surface area contributed by atoms with E-state index in [4.69, 9.17) is 5.73 Å². The van der Waals surface area contributed by atoms with E-state index in [0.717, 1.165) is 0 Å². The first-order chi connectivity index (χ1) is 6.96. The number of hydrogen-bond acceptors (Lipinski definition) is 2. The van der Waals surface area contributed by atoms with Crippen molar-refractivity contribution in [1.82, 2.24) is 9.88 Å². The Hall–Kier alpha value is -1.29. The van der Waals surface area contributed by atoms with Crippen LogP contribution in [-0.2, 0) is 0 Å². The van der Waals surface area contributed by atoms with Gasteiger partial charge in [0.1, 0.15) is 0 Å². The van der Waals surface area contributed by atoms with E-state index in [1.165, 1.54) is 0 Å². The summed E-state index contributed by atoms with van der Waals surface area (Å²) in [6, 6.07) is 1.77. The molecule has 3 N–H and O–H groups in total. The number of carbonyl (C=O) groups excluding carboxylic acids is 1. The molecule has 1 rings (SSSR count). The standard InChI is InChI=1S/C11H19N3O/c1-11(2,7-12)8-14(3)10(15)9-4-5-13-6-9/h4-6,13H,7-8,12H2,1-3H3. The van der Waals surface area contributed by atoms with Gasteiger partial charge >= 0.3 is 0 Å². The average Bonchev–Trinajstić information content (AvgIpc) is 2.68. The molecule has 4 heteroatoms. The third-order valence-corrected chi connectivity index (χ3v) is 2.41. The molecule has 0 spiro atoms. The molecule has 84 valence electrons. The molecule has 0 unspecified atom stereocenters. The van der Waals surface area contributed by atoms with Crippen LogP contribution in [0, 0.1) is 5.41 Å². The van der Waals surface area contributed by atoms with E-state index >= 15 is 0 Å². The van der Waals surface area contributed by atoms with Crippen LogP contribution in [0.1, 0.15) is 24.2 Å². The molecular weight excluding hydrogens is 190 g/mol. The second kappa shape index (κ2) is 4.49. The van der Waals surface area contributed by atoms with E-state index < -0.39 is 0 Å². The zero-order valence-corrected chi connectivity index (χ0v) is 9.58. The topological polar surface area (TPSA) is 62.1 Å². The Labute approximate surface area is 90.5 Å². The van der Waals surface area contributed by atoms with Gasteiger partial charge in [-0.15, -0.1) is 0 Å². The summed E-state index contributed by atoms with van der Waals surface area (Å²) in [4.78, 5) is 16.4. The highest BCUT2D eigenvalue weighted by atomic mass is 16.2. The first kappa shape index (κ1) is 11.8. The van der Waals surface area contributed by atoms with Gasteiger partial charge in [0.25, 0.3) is 5.91 Å². The molecule has 0 saturated carbocycles. The number of hydrogen-bond donors (Lipinski definition) is 2. The summed E-state index contributed by atoms with van der Waals surface area (Å²) in [5.41, 5.74) is 6.27. The smallest absolute Gasteiger partial charge is 0.255 e. The van der Waals surface area contributed by atoms with Crippen molar-refractivity contribution < 1.29 is 4.79 Å². The summed E-state index contributed by atoms with van der Waals surface area (Å²) in [6.45, 7) is 5.33. The van der Waals surface area contributed by atoms with Crippen LogP contribution >= 0.6 is 0 Å². The van der Waals surface area contributed by atoms with Crippen molar-refractivity contribution in [3.8, 4) is 0 Å². The minimum atomic E-state index is -0.0410. The van der Waals surface area contributed by atoms with Gasteiger partial charge in [0.2, 0.25) is 0 Å². The molecule has 1 amide bonds. The van der Waals surface area contributed by atoms with Crippen LogP contribution in [0.5, 0.6) is 0 Å². The van der Waals surface area contributed by atoms with Gasteiger partial charge in [-0.25, -0.2) is 0 Å². The van der Waals surface area contributed by atoms with Crippen LogP contribution in [0.25, 0.3) is 0 Å². The molecule has 1 heterocycles. The molecular formula is C11H19N3O. The van der Waals surface area contributed by atoms with Gasteiger partial charge in [0.15, 0.2) is 0 Å². The lowest BCUT2D eigenvalue weighted by atomic mass is 9.93. The Morgan fingerprint density at radius 1 is 1.60 bits per heavy atom. The fourth-order valence-corrected chi connectivity index (χ4v) is 1.46. The van der Waals surface area contributed by atoms with Crippen molar-refractivity contribution in [2.45, 2.75) is 13.8 Å². The zero-order chi connectivity index (χ0) is 11.5. The molecule has 4 nitrogen and oxygen atoms in total. The van der Waals surface area contributed by atoms with Crippen molar-refractivity contribution in [3.05, 3.63) is 24.0 Å². The third kappa shape index (κ3) is 3.09. The quantitative estimate of drug-likeness (QED) is 0.779. The molecule has 0 saturated heterocycles. The highest BCUT2D eigenvalue weighted by molar-refractivity contribution is 5.93. The molecule has 0 aliphatic carbocycles. The van der Waals surface area contributed by atoms with Gasteiger partial charge < -0.3 is 15.6 Å². The van der Waals surface area contributed by atoms with Gasteiger partial charge in [-0.3, -0.25) is 4.79 Å². The number of carbonyl (C=O) groups is 1. The molecule has 1 aromatic heterocycles. The predicted octanol–water partition coefficient (Wildman–Crippen LogP) is 1.07. The number of aromatic nitrogens is 1. The van der Waals surface area contributed by atoms with Crippen LogP contribution in [0.2, 0.25) is 0 Å². The number of nitrogens with one attached hydrogen (secondary N) is 1. The van der Waals surface area contributed by atoms with Gasteiger partial charge in [0.05, 0.1) is 5.56 Å². The van der Waals surface area contributed by atoms with Gasteiger partial charge in [-0.05, 0) is 18.0 Å². The molecule has 0 aromatic carbocycles. The molecule has 15 heavy (non-hydrogen) atoms. The van der Waals surface area contributed by atoms with E-state index in [-0.39, 0.29) is 11.3 Å². The SMILES string of the molecule is CN(CC(C)(C)CN)C(=O)c1cc[nH]c1. The van der Waals surface area contributed by atoms with E-state index in [1.807, 2.05) is 13.8 Å². The molecule has 0 radical (unpaired) electrons. The van der Waals surface area contributed by atoms with Crippen molar-refractivity contribution in [2.24, 2.45) is 11.1 Å². The number of aromatic amines is 1. The van der Waals surface area contributed by atoms with Gasteiger partial charge in [-0.2, -0.15) is 0 Å². The van der Waals surface area contributed by atoms with Crippen LogP contribution in [-0.4, -0.2) is 35.9 Å². The summed E-state index contributed by atoms with van der Waals surface area (Å²) in [6.07, 6.45) is 3.45. The third-order valence-electron chi connectivity index (χ3n) is 2.41. The molecule has 0 aliphatic rings. The highest BCUT2D eigenvalue weighted by Gasteiger charge is 2.21. The van der Waals surface area contributed by atoms with Crippen molar-refractivity contribution in [3.63, 3.8) is 0 Å². The van der Waals surface area contributed by atoms with Gasteiger partial charge in [0, 0.05) is 26.0 Å². The summed E-state index contributed by atoms with van der Waals surface area (Å²) < 4.78 is 0. The molecule has 0 bridgehead atoms. The fraction of sp³-hybridized carbons (Fsp3) is 0.545. The maximum atomic E-state index is 11.9. The maximum Gasteiger partial charge on any atom is 0.255 e. The monoisotopic (exact) mass is 209 g/mol. The average molecular weight is 209 g/mol. The van der Waals surface area contributed by atoms with Crippen molar-refractivity contribution in [1.29, 1.82) is 0 Å². The number of nitrogens with zero attached hydrogens (tertiary/aromatic N) is 1. The first-order valence-electron chi connectivity index (χ1n) is 5.04. The summed E-state index contributed by atoms with van der Waals surface area (Å²) in [7, 11) is 1.80. The molecule has 0 fully saturated rings. The Balaban J connectivity index is 2.62. The summed E-state index contributed by atoms with van der Waals surface area (Å²) in [5, 5.41) is 0. The number of amides is 1. The van der Waals surface area contributed by atoms with Crippen molar-refractivity contribution >= 4 is 5.91 Å². The lowest BCUT2D eigenvalue weighted by Crippen LogP contribution is -2.39. The predicted molar refractivity (Wildman–Crippen MR) is 60.6 cm³/mol. The van der Waals surface area contributed by atoms with Crippen molar-refractivity contribution in [2.75, 3.05) is 20.1 Å². The minimum Gasteiger partial charge on any atom is -0.367 e. The largest absolute Gasteiger partial charge is 0.367 e. The van der Waals surface area contributed by atoms with E-state index in [9.17, 15) is 4.79 Å². The Kier molecular flexibility index (Phi) is 3.52. The van der Waals surface area contributed by atoms with Gasteiger partial charge in [-0.1, -0.05) is 13.8 Å². The zero-order valence-electron chi connectivity index (χ0n) is 9.58. The van der Waals surface area contributed by atoms with Crippen LogP contribution in [0.3, 0.4) is 0 Å². The second-order valence-electron chi connectivity index (χ2n) is 4.63. The Bertz CT molecular complexity index is 317. The Morgan fingerprint density at radius 2 is 2.27 bits per heavy atom. The number of H-pyrrole nitrogens is 1. The number of nitrogens with two attached hydrogens (primary N) is 1. The normalized spacial score (nSPS) is 11.5. The lowest BCUT2D eigenvalue weighted by Gasteiger charge is -2.28. The van der Waals surface area contributed by atoms with Crippen LogP contribution < -0.4 is 5.73 Å². The van der Waals surface area contributed by atoms with E-state index in [0.29, 0.717) is 18.7 Å². The second-order valence-corrected chi connectivity index (χ2v) is 4.63. The molecule has 0 aliphatic heterocycles. The molecule has 1 aromatic rings. The van der Waals surface area contributed by atoms with E-state index in [2.05, 4.69) is 4.98 Å². The lowest BCUT2D eigenvalue weighted by molar-refractivity contribution is 0.0741.